The van der Waals surface area contributed by atoms with Gasteiger partial charge in [-0.05, 0) is 61.4 Å². The lowest BCUT2D eigenvalue weighted by molar-refractivity contribution is 0.101. The number of hydrogen-bond donors (Lipinski definition) is 2. The van der Waals surface area contributed by atoms with Gasteiger partial charge in [0.2, 0.25) is 0 Å². The minimum atomic E-state index is -0.801. The highest BCUT2D eigenvalue weighted by atomic mass is 32.1. The Bertz CT molecular complexity index is 1900. The number of thiol groups is 2. The monoisotopic (exact) mass is 538 g/mol. The van der Waals surface area contributed by atoms with E-state index in [4.69, 9.17) is 8.83 Å². The van der Waals surface area contributed by atoms with Crippen LogP contribution >= 0.6 is 25.3 Å². The first kappa shape index (κ1) is 24.2. The zero-order valence-corrected chi connectivity index (χ0v) is 21.9. The van der Waals surface area contributed by atoms with Gasteiger partial charge in [-0.3, -0.25) is 9.59 Å². The maximum Gasteiger partial charge on any atom is 0.344 e. The highest BCUT2D eigenvalue weighted by Gasteiger charge is 2.38. The van der Waals surface area contributed by atoms with Crippen molar-refractivity contribution in [2.75, 3.05) is 0 Å². The third kappa shape index (κ3) is 3.52. The smallest absolute Gasteiger partial charge is 0.344 e. The zero-order valence-electron chi connectivity index (χ0n) is 20.1. The van der Waals surface area contributed by atoms with E-state index < -0.39 is 22.8 Å². The van der Waals surface area contributed by atoms with Crippen molar-refractivity contribution in [2.24, 2.45) is 0 Å². The van der Waals surface area contributed by atoms with Crippen molar-refractivity contribution >= 4 is 69.9 Å². The highest BCUT2D eigenvalue weighted by molar-refractivity contribution is 7.80. The van der Waals surface area contributed by atoms with E-state index in [-0.39, 0.29) is 33.4 Å². The van der Waals surface area contributed by atoms with E-state index in [0.29, 0.717) is 42.9 Å². The fourth-order valence-corrected chi connectivity index (χ4v) is 5.50. The molecule has 38 heavy (non-hydrogen) atoms. The third-order valence-electron chi connectivity index (χ3n) is 6.92. The molecule has 0 saturated heterocycles. The van der Waals surface area contributed by atoms with E-state index in [1.807, 2.05) is 0 Å². The first-order chi connectivity index (χ1) is 18.2. The number of fused-ring (bicyclic) bond motifs is 3. The molecule has 1 aliphatic carbocycles. The molecule has 186 valence electrons. The van der Waals surface area contributed by atoms with E-state index in [0.717, 1.165) is 0 Å². The van der Waals surface area contributed by atoms with Crippen LogP contribution in [0.2, 0.25) is 0 Å². The van der Waals surface area contributed by atoms with Gasteiger partial charge < -0.3 is 8.83 Å². The predicted octanol–water partition coefficient (Wildman–Crippen LogP) is 6.08. The lowest BCUT2D eigenvalue weighted by Gasteiger charge is -2.22. The number of benzene rings is 3. The summed E-state index contributed by atoms with van der Waals surface area (Å²) in [5, 5.41) is 1.15. The summed E-state index contributed by atoms with van der Waals surface area (Å²) in [6, 6.07) is 16.5. The van der Waals surface area contributed by atoms with E-state index in [9.17, 15) is 19.2 Å². The maximum atomic E-state index is 14.0. The number of hydrogen-bond acceptors (Lipinski definition) is 8. The van der Waals surface area contributed by atoms with Crippen LogP contribution in [0.5, 0.6) is 0 Å². The van der Waals surface area contributed by atoms with E-state index in [1.54, 1.807) is 62.4 Å². The van der Waals surface area contributed by atoms with Crippen molar-refractivity contribution in [1.82, 2.24) is 0 Å². The Morgan fingerprint density at radius 1 is 0.579 bits per heavy atom. The Balaban J connectivity index is 1.79. The van der Waals surface area contributed by atoms with Crippen LogP contribution in [0.3, 0.4) is 0 Å². The molecule has 2 aromatic heterocycles. The minimum Gasteiger partial charge on any atom is -0.422 e. The van der Waals surface area contributed by atoms with Gasteiger partial charge >= 0.3 is 11.3 Å². The largest absolute Gasteiger partial charge is 0.422 e. The van der Waals surface area contributed by atoms with Crippen LogP contribution in [0.4, 0.5) is 0 Å². The van der Waals surface area contributed by atoms with Gasteiger partial charge in [0.1, 0.15) is 11.2 Å². The molecule has 0 spiro atoms. The fraction of sp³-hybridized carbons (Fsp3) is 0.0667. The van der Waals surface area contributed by atoms with Crippen LogP contribution < -0.4 is 11.3 Å². The second-order valence-corrected chi connectivity index (χ2v) is 10.1. The molecular weight excluding hydrogens is 520 g/mol. The van der Waals surface area contributed by atoms with Crippen molar-refractivity contribution in [3.63, 3.8) is 0 Å². The molecule has 0 aliphatic heterocycles. The second kappa shape index (κ2) is 8.72. The Kier molecular flexibility index (Phi) is 5.55. The number of allylic oxidation sites excluding steroid dienone is 2. The van der Waals surface area contributed by atoms with Gasteiger partial charge in [0, 0.05) is 42.8 Å². The molecule has 1 aliphatic rings. The average molecular weight is 539 g/mol. The SMILES string of the molecule is Cc1c(C2=C(c3c(C)c4ccc(S)cc4oc3=O)C(=O)c3ccccc3C2=O)c(=O)oc2cc(S)ccc12. The Morgan fingerprint density at radius 3 is 1.37 bits per heavy atom. The minimum absolute atomic E-state index is 0.0723. The molecule has 0 bridgehead atoms. The maximum absolute atomic E-state index is 14.0. The Labute approximate surface area is 226 Å². The molecule has 0 N–H and O–H groups in total. The molecule has 0 radical (unpaired) electrons. The molecule has 0 unspecified atom stereocenters. The lowest BCUT2D eigenvalue weighted by Crippen LogP contribution is -2.27. The predicted molar refractivity (Wildman–Crippen MR) is 151 cm³/mol. The zero-order chi connectivity index (χ0) is 26.9. The summed E-state index contributed by atoms with van der Waals surface area (Å²) < 4.78 is 11.2. The van der Waals surface area contributed by atoms with Crippen molar-refractivity contribution < 1.29 is 18.4 Å². The number of aryl methyl sites for hydroxylation is 2. The van der Waals surface area contributed by atoms with Crippen LogP contribution in [0.1, 0.15) is 43.0 Å². The van der Waals surface area contributed by atoms with Gasteiger partial charge in [0.25, 0.3) is 0 Å². The van der Waals surface area contributed by atoms with Gasteiger partial charge in [0.05, 0.1) is 11.1 Å². The van der Waals surface area contributed by atoms with Gasteiger partial charge in [-0.15, -0.1) is 25.3 Å². The average Bonchev–Trinajstić information content (AvgIpc) is 2.87. The van der Waals surface area contributed by atoms with Crippen molar-refractivity contribution in [3.05, 3.63) is 115 Å². The summed E-state index contributed by atoms with van der Waals surface area (Å²) in [7, 11) is 0. The molecule has 2 heterocycles. The molecule has 5 aromatic rings. The second-order valence-electron chi connectivity index (χ2n) is 9.09. The topological polar surface area (TPSA) is 94.6 Å². The van der Waals surface area contributed by atoms with E-state index in [1.165, 1.54) is 12.1 Å². The van der Waals surface area contributed by atoms with Crippen molar-refractivity contribution in [3.8, 4) is 0 Å². The summed E-state index contributed by atoms with van der Waals surface area (Å²) in [5.74, 6) is -1.11. The fourth-order valence-electron chi connectivity index (χ4n) is 5.12. The quantitative estimate of drug-likeness (QED) is 0.209. The third-order valence-corrected chi connectivity index (χ3v) is 7.48. The number of Topliss-reactive ketones (excluding diaryl/α,β-unsaturated/α-hetero) is 2. The van der Waals surface area contributed by atoms with E-state index >= 15 is 0 Å². The molecule has 6 rings (SSSR count). The first-order valence-electron chi connectivity index (χ1n) is 11.6. The standard InChI is InChI=1S/C30H18O6S2/c1-13-17-9-7-15(37)11-21(17)35-29(33)23(13)25-26(28(32)20-6-4-3-5-19(20)27(25)31)24-14(2)18-10-8-16(38)12-22(18)36-30(24)34/h3-12,37-38H,1-2H3. The van der Waals surface area contributed by atoms with Gasteiger partial charge in [-0.1, -0.05) is 24.3 Å². The van der Waals surface area contributed by atoms with Crippen LogP contribution in [0.15, 0.2) is 88.9 Å². The van der Waals surface area contributed by atoms with Gasteiger partial charge in [-0.2, -0.15) is 0 Å². The van der Waals surface area contributed by atoms with Crippen LogP contribution in [0.25, 0.3) is 33.1 Å². The summed E-state index contributed by atoms with van der Waals surface area (Å²) >= 11 is 8.63. The van der Waals surface area contributed by atoms with Gasteiger partial charge in [0.15, 0.2) is 11.6 Å². The number of carbonyl (C=O) groups is 2. The van der Waals surface area contributed by atoms with Crippen molar-refractivity contribution in [1.29, 1.82) is 0 Å². The molecule has 0 atom stereocenters. The van der Waals surface area contributed by atoms with Gasteiger partial charge in [-0.25, -0.2) is 9.59 Å². The Morgan fingerprint density at radius 2 is 0.974 bits per heavy atom. The number of ketones is 2. The molecule has 8 heteroatoms. The van der Waals surface area contributed by atoms with E-state index in [2.05, 4.69) is 25.3 Å². The summed E-state index contributed by atoms with van der Waals surface area (Å²) in [4.78, 5) is 56.1. The molecular formula is C30H18O6S2. The first-order valence-corrected chi connectivity index (χ1v) is 12.5. The number of carbonyl (C=O) groups excluding carboxylic acids is 2. The van der Waals surface area contributed by atoms with Crippen molar-refractivity contribution in [2.45, 2.75) is 23.6 Å². The van der Waals surface area contributed by atoms with Crippen LogP contribution in [-0.4, -0.2) is 11.6 Å². The highest BCUT2D eigenvalue weighted by Crippen LogP contribution is 2.40. The molecule has 0 amide bonds. The van der Waals surface area contributed by atoms with Crippen LogP contribution in [0, 0.1) is 13.8 Å². The lowest BCUT2D eigenvalue weighted by atomic mass is 9.77. The molecule has 0 saturated carbocycles. The Hall–Kier alpha value is -4.14. The summed E-state index contributed by atoms with van der Waals surface area (Å²) in [6.07, 6.45) is 0. The molecule has 6 nitrogen and oxygen atoms in total. The van der Waals surface area contributed by atoms with Crippen LogP contribution in [-0.2, 0) is 0 Å². The molecule has 0 fully saturated rings. The summed E-state index contributed by atoms with van der Waals surface area (Å²) in [6.45, 7) is 3.36. The number of rotatable bonds is 2. The summed E-state index contributed by atoms with van der Waals surface area (Å²) in [5.41, 5.74) is -0.348. The normalized spacial score (nSPS) is 13.5. The molecule has 3 aromatic carbocycles.